The van der Waals surface area contributed by atoms with Gasteiger partial charge in [0.25, 0.3) is 0 Å². The third kappa shape index (κ3) is 9.28. The number of rotatable bonds is 7. The molecule has 1 aromatic rings. The van der Waals surface area contributed by atoms with Crippen LogP contribution in [0.1, 0.15) is 50.4 Å². The molecule has 0 bridgehead atoms. The van der Waals surface area contributed by atoms with E-state index in [0.717, 1.165) is 17.8 Å². The number of aliphatic imine (C=N–C) groups is 1. The average Bonchev–Trinajstić information content (AvgIpc) is 2.91. The van der Waals surface area contributed by atoms with Crippen LogP contribution >= 0.6 is 11.3 Å². The van der Waals surface area contributed by atoms with Crippen molar-refractivity contribution in [2.24, 2.45) is 4.99 Å². The van der Waals surface area contributed by atoms with Crippen molar-refractivity contribution in [1.82, 2.24) is 20.9 Å². The zero-order chi connectivity index (χ0) is 18.9. The van der Waals surface area contributed by atoms with Gasteiger partial charge in [-0.15, -0.1) is 11.3 Å². The lowest BCUT2D eigenvalue weighted by atomic mass is 10.1. The maximum absolute atomic E-state index is 12.0. The molecule has 0 saturated heterocycles. The Morgan fingerprint density at radius 3 is 2.64 bits per heavy atom. The summed E-state index contributed by atoms with van der Waals surface area (Å²) in [6.07, 6.45) is 3.29. The molecule has 142 valence electrons. The summed E-state index contributed by atoms with van der Waals surface area (Å²) in [5, 5.41) is 10.4. The van der Waals surface area contributed by atoms with E-state index in [9.17, 15) is 4.79 Å². The minimum atomic E-state index is -0.502. The zero-order valence-corrected chi connectivity index (χ0v) is 16.9. The van der Waals surface area contributed by atoms with Crippen LogP contribution in [0.5, 0.6) is 0 Å². The summed E-state index contributed by atoms with van der Waals surface area (Å²) < 4.78 is 5.32. The highest BCUT2D eigenvalue weighted by molar-refractivity contribution is 7.11. The number of hydrogen-bond donors (Lipinski definition) is 3. The number of nitrogens with one attached hydrogen (secondary N) is 3. The average molecular weight is 370 g/mol. The SMILES string of the molecule is CCCC(CNC(=NC)NCc1ncc(C)s1)NC(=O)OC(C)(C)C. The van der Waals surface area contributed by atoms with Gasteiger partial charge < -0.3 is 20.7 Å². The normalized spacial score (nSPS) is 13.3. The Morgan fingerprint density at radius 1 is 1.40 bits per heavy atom. The van der Waals surface area contributed by atoms with Crippen molar-refractivity contribution in [3.8, 4) is 0 Å². The molecule has 3 N–H and O–H groups in total. The molecule has 0 aliphatic heterocycles. The first kappa shape index (κ1) is 21.2. The molecule has 1 aromatic heterocycles. The van der Waals surface area contributed by atoms with Crippen LogP contribution in [-0.2, 0) is 11.3 Å². The Labute approximate surface area is 154 Å². The lowest BCUT2D eigenvalue weighted by molar-refractivity contribution is 0.0502. The molecular formula is C17H31N5O2S. The molecule has 7 nitrogen and oxygen atoms in total. The summed E-state index contributed by atoms with van der Waals surface area (Å²) in [7, 11) is 1.72. The number of nitrogens with zero attached hydrogens (tertiary/aromatic N) is 2. The fourth-order valence-electron chi connectivity index (χ4n) is 2.13. The second-order valence-corrected chi connectivity index (χ2v) is 8.12. The molecule has 0 aliphatic rings. The van der Waals surface area contributed by atoms with Gasteiger partial charge in [-0.2, -0.15) is 0 Å². The second kappa shape index (κ2) is 10.2. The molecule has 1 amide bonds. The van der Waals surface area contributed by atoms with E-state index >= 15 is 0 Å². The smallest absolute Gasteiger partial charge is 0.407 e. The van der Waals surface area contributed by atoms with Crippen LogP contribution in [0.25, 0.3) is 0 Å². The largest absolute Gasteiger partial charge is 0.444 e. The number of thiazole rings is 1. The summed E-state index contributed by atoms with van der Waals surface area (Å²) >= 11 is 1.66. The highest BCUT2D eigenvalue weighted by Crippen LogP contribution is 2.10. The summed E-state index contributed by atoms with van der Waals surface area (Å²) in [5.41, 5.74) is -0.502. The van der Waals surface area contributed by atoms with Crippen LogP contribution < -0.4 is 16.0 Å². The van der Waals surface area contributed by atoms with E-state index in [1.807, 2.05) is 33.9 Å². The number of alkyl carbamates (subject to hydrolysis) is 1. The fraction of sp³-hybridized carbons (Fsp3) is 0.706. The number of ether oxygens (including phenoxy) is 1. The summed E-state index contributed by atoms with van der Waals surface area (Å²) in [6.45, 7) is 10.9. The standard InChI is InChI=1S/C17H31N5O2S/c1-7-8-13(22-16(23)24-17(3,4)5)10-20-15(18-6)21-11-14-19-9-12(2)25-14/h9,13H,7-8,10-11H2,1-6H3,(H,22,23)(H2,18,20,21). The van der Waals surface area contributed by atoms with Gasteiger partial charge in [0.05, 0.1) is 6.54 Å². The minimum Gasteiger partial charge on any atom is -0.444 e. The van der Waals surface area contributed by atoms with E-state index in [1.165, 1.54) is 4.88 Å². The van der Waals surface area contributed by atoms with Crippen molar-refractivity contribution in [3.63, 3.8) is 0 Å². The zero-order valence-electron chi connectivity index (χ0n) is 16.1. The molecular weight excluding hydrogens is 338 g/mol. The van der Waals surface area contributed by atoms with Gasteiger partial charge >= 0.3 is 6.09 Å². The van der Waals surface area contributed by atoms with Crippen LogP contribution in [0.3, 0.4) is 0 Å². The molecule has 1 atom stereocenters. The molecule has 8 heteroatoms. The molecule has 0 spiro atoms. The van der Waals surface area contributed by atoms with Gasteiger partial charge in [-0.1, -0.05) is 13.3 Å². The van der Waals surface area contributed by atoms with Crippen LogP contribution in [-0.4, -0.2) is 42.3 Å². The fourth-order valence-corrected chi connectivity index (χ4v) is 2.86. The van der Waals surface area contributed by atoms with Crippen LogP contribution in [0, 0.1) is 6.92 Å². The maximum Gasteiger partial charge on any atom is 0.407 e. The molecule has 0 radical (unpaired) electrons. The first-order valence-electron chi connectivity index (χ1n) is 8.58. The van der Waals surface area contributed by atoms with Crippen LogP contribution in [0.4, 0.5) is 4.79 Å². The van der Waals surface area contributed by atoms with E-state index in [1.54, 1.807) is 18.4 Å². The Balaban J connectivity index is 2.46. The minimum absolute atomic E-state index is 0.0273. The van der Waals surface area contributed by atoms with E-state index in [0.29, 0.717) is 19.0 Å². The van der Waals surface area contributed by atoms with Crippen LogP contribution in [0.15, 0.2) is 11.2 Å². The molecule has 0 aliphatic carbocycles. The van der Waals surface area contributed by atoms with Crippen molar-refractivity contribution in [2.45, 2.75) is 65.6 Å². The topological polar surface area (TPSA) is 87.6 Å². The molecule has 1 unspecified atom stereocenters. The van der Waals surface area contributed by atoms with Gasteiger partial charge in [0.2, 0.25) is 0 Å². The van der Waals surface area contributed by atoms with Crippen molar-refractivity contribution < 1.29 is 9.53 Å². The summed E-state index contributed by atoms with van der Waals surface area (Å²) in [6, 6.07) is -0.0273. The van der Waals surface area contributed by atoms with Crippen LogP contribution in [0.2, 0.25) is 0 Å². The van der Waals surface area contributed by atoms with E-state index in [4.69, 9.17) is 4.74 Å². The van der Waals surface area contributed by atoms with E-state index in [-0.39, 0.29) is 6.04 Å². The summed E-state index contributed by atoms with van der Waals surface area (Å²) in [5.74, 6) is 0.681. The lowest BCUT2D eigenvalue weighted by Crippen LogP contribution is -2.48. The number of guanidine groups is 1. The number of aromatic nitrogens is 1. The molecule has 25 heavy (non-hydrogen) atoms. The predicted molar refractivity (Wildman–Crippen MR) is 103 cm³/mol. The Kier molecular flexibility index (Phi) is 8.68. The van der Waals surface area contributed by atoms with Gasteiger partial charge in [-0.3, -0.25) is 4.99 Å². The van der Waals surface area contributed by atoms with Gasteiger partial charge in [0.1, 0.15) is 10.6 Å². The van der Waals surface area contributed by atoms with Crippen molar-refractivity contribution in [2.75, 3.05) is 13.6 Å². The molecule has 0 fully saturated rings. The second-order valence-electron chi connectivity index (χ2n) is 6.80. The van der Waals surface area contributed by atoms with Crippen molar-refractivity contribution >= 4 is 23.4 Å². The van der Waals surface area contributed by atoms with E-state index in [2.05, 4.69) is 32.9 Å². The van der Waals surface area contributed by atoms with Gasteiger partial charge in [0, 0.05) is 30.7 Å². The van der Waals surface area contributed by atoms with Crippen molar-refractivity contribution in [1.29, 1.82) is 0 Å². The Morgan fingerprint density at radius 2 is 2.12 bits per heavy atom. The number of amides is 1. The third-order valence-electron chi connectivity index (χ3n) is 3.17. The lowest BCUT2D eigenvalue weighted by Gasteiger charge is -2.24. The molecule has 0 saturated carbocycles. The highest BCUT2D eigenvalue weighted by atomic mass is 32.1. The molecule has 0 aromatic carbocycles. The number of hydrogen-bond acceptors (Lipinski definition) is 5. The first-order chi connectivity index (χ1) is 11.7. The summed E-state index contributed by atoms with van der Waals surface area (Å²) in [4.78, 5) is 21.7. The van der Waals surface area contributed by atoms with Gasteiger partial charge in [-0.25, -0.2) is 9.78 Å². The molecule has 1 heterocycles. The number of aryl methyl sites for hydroxylation is 1. The maximum atomic E-state index is 12.0. The van der Waals surface area contributed by atoms with E-state index < -0.39 is 11.7 Å². The van der Waals surface area contributed by atoms with Gasteiger partial charge in [-0.05, 0) is 34.1 Å². The van der Waals surface area contributed by atoms with Gasteiger partial charge in [0.15, 0.2) is 5.96 Å². The Bertz CT molecular complexity index is 566. The first-order valence-corrected chi connectivity index (χ1v) is 9.40. The highest BCUT2D eigenvalue weighted by Gasteiger charge is 2.19. The molecule has 1 rings (SSSR count). The number of carbonyl (C=O) groups is 1. The predicted octanol–water partition coefficient (Wildman–Crippen LogP) is 2.81. The van der Waals surface area contributed by atoms with Crippen molar-refractivity contribution in [3.05, 3.63) is 16.1 Å². The third-order valence-corrected chi connectivity index (χ3v) is 4.09. The monoisotopic (exact) mass is 369 g/mol. The quantitative estimate of drug-likeness (QED) is 0.508. The number of carbonyl (C=O) groups excluding carboxylic acids is 1. The Hall–Kier alpha value is -1.83.